The molecule has 2 aliphatic rings. The van der Waals surface area contributed by atoms with E-state index in [0.29, 0.717) is 5.25 Å². The summed E-state index contributed by atoms with van der Waals surface area (Å²) < 4.78 is 0. The molecule has 0 nitrogen and oxygen atoms in total. The summed E-state index contributed by atoms with van der Waals surface area (Å²) in [4.78, 5) is 0. The van der Waals surface area contributed by atoms with E-state index in [1.165, 1.54) is 25.7 Å². The van der Waals surface area contributed by atoms with Crippen LogP contribution in [0.5, 0.6) is 0 Å². The van der Waals surface area contributed by atoms with Crippen LogP contribution in [0, 0.1) is 0 Å². The lowest BCUT2D eigenvalue weighted by atomic mass is 9.97. The van der Waals surface area contributed by atoms with Crippen molar-refractivity contribution in [3.05, 3.63) is 35.3 Å². The number of rotatable bonds is 1. The molecule has 0 bridgehead atoms. The summed E-state index contributed by atoms with van der Waals surface area (Å²) in [5.41, 5.74) is 1.65. The zero-order valence-electron chi connectivity index (χ0n) is 7.20. The molecule has 1 atom stereocenters. The fourth-order valence-electron chi connectivity index (χ4n) is 1.72. The molecule has 0 N–H and O–H groups in total. The van der Waals surface area contributed by atoms with E-state index in [4.69, 9.17) is 0 Å². The van der Waals surface area contributed by atoms with Gasteiger partial charge in [0.15, 0.2) is 0 Å². The van der Waals surface area contributed by atoms with Crippen molar-refractivity contribution in [1.29, 1.82) is 0 Å². The van der Waals surface area contributed by atoms with Crippen LogP contribution in [0.1, 0.15) is 25.7 Å². The van der Waals surface area contributed by atoms with E-state index < -0.39 is 0 Å². The minimum absolute atomic E-state index is 0.648. The predicted molar refractivity (Wildman–Crippen MR) is 56.2 cm³/mol. The Kier molecular flexibility index (Phi) is 2.72. The molecule has 2 rings (SSSR count). The Hall–Kier alpha value is -0.430. The van der Waals surface area contributed by atoms with Crippen LogP contribution in [-0.4, -0.2) is 5.25 Å². The van der Waals surface area contributed by atoms with E-state index in [1.807, 2.05) is 11.8 Å². The van der Waals surface area contributed by atoms with Gasteiger partial charge in [-0.25, -0.2) is 0 Å². The van der Waals surface area contributed by atoms with Crippen molar-refractivity contribution in [2.75, 3.05) is 0 Å². The highest BCUT2D eigenvalue weighted by Gasteiger charge is 2.13. The highest BCUT2D eigenvalue weighted by atomic mass is 32.2. The van der Waals surface area contributed by atoms with Crippen LogP contribution < -0.4 is 0 Å². The van der Waals surface area contributed by atoms with Gasteiger partial charge in [-0.15, -0.1) is 11.8 Å². The molecule has 0 saturated heterocycles. The lowest BCUT2D eigenvalue weighted by Crippen LogP contribution is -2.06. The molecule has 1 heterocycles. The van der Waals surface area contributed by atoms with Crippen LogP contribution in [0.2, 0.25) is 0 Å². The van der Waals surface area contributed by atoms with Gasteiger partial charge in [0, 0.05) is 5.25 Å². The molecule has 1 heteroatoms. The average Bonchev–Trinajstić information content (AvgIpc) is 2.21. The van der Waals surface area contributed by atoms with Gasteiger partial charge in [0.05, 0.1) is 0 Å². The van der Waals surface area contributed by atoms with Crippen LogP contribution in [0.15, 0.2) is 35.3 Å². The first-order valence-corrected chi connectivity index (χ1v) is 5.59. The molecule has 0 fully saturated rings. The third-order valence-electron chi connectivity index (χ3n) is 2.39. The first kappa shape index (κ1) is 8.18. The molecule has 1 unspecified atom stereocenters. The van der Waals surface area contributed by atoms with E-state index in [0.717, 1.165) is 0 Å². The fourth-order valence-corrected chi connectivity index (χ4v) is 2.64. The maximum absolute atomic E-state index is 2.44. The van der Waals surface area contributed by atoms with E-state index >= 15 is 0 Å². The third-order valence-corrected chi connectivity index (χ3v) is 3.46. The zero-order valence-corrected chi connectivity index (χ0v) is 8.02. The molecule has 0 radical (unpaired) electrons. The van der Waals surface area contributed by atoms with Gasteiger partial charge in [-0.3, -0.25) is 0 Å². The second-order valence-corrected chi connectivity index (χ2v) is 4.35. The summed E-state index contributed by atoms with van der Waals surface area (Å²) in [5, 5.41) is 2.84. The Balaban J connectivity index is 2.03. The van der Waals surface area contributed by atoms with Gasteiger partial charge in [-0.2, -0.15) is 0 Å². The molecule has 0 aromatic heterocycles. The molecule has 0 spiro atoms. The average molecular weight is 178 g/mol. The van der Waals surface area contributed by atoms with Crippen LogP contribution in [0.25, 0.3) is 0 Å². The molecule has 0 aromatic rings. The van der Waals surface area contributed by atoms with Crippen molar-refractivity contribution >= 4 is 11.8 Å². The Labute approximate surface area is 78.4 Å². The summed E-state index contributed by atoms with van der Waals surface area (Å²) in [7, 11) is 0. The second kappa shape index (κ2) is 3.99. The minimum Gasteiger partial charge on any atom is -0.122 e. The highest BCUT2D eigenvalue weighted by molar-refractivity contribution is 8.03. The summed E-state index contributed by atoms with van der Waals surface area (Å²) >= 11 is 1.93. The van der Waals surface area contributed by atoms with E-state index in [-0.39, 0.29) is 0 Å². The molecule has 12 heavy (non-hydrogen) atoms. The number of hydrogen-bond acceptors (Lipinski definition) is 1. The minimum atomic E-state index is 0.648. The largest absolute Gasteiger partial charge is 0.122 e. The summed E-state index contributed by atoms with van der Waals surface area (Å²) in [6.45, 7) is 0. The molecule has 64 valence electrons. The molecular weight excluding hydrogens is 164 g/mol. The van der Waals surface area contributed by atoms with Crippen molar-refractivity contribution in [3.8, 4) is 0 Å². The summed E-state index contributed by atoms with van der Waals surface area (Å²) in [5.74, 6) is 0. The van der Waals surface area contributed by atoms with E-state index in [2.05, 4.69) is 29.7 Å². The highest BCUT2D eigenvalue weighted by Crippen LogP contribution is 2.31. The van der Waals surface area contributed by atoms with Gasteiger partial charge in [-0.05, 0) is 31.1 Å². The first-order chi connectivity index (χ1) is 5.97. The van der Waals surface area contributed by atoms with Crippen molar-refractivity contribution in [3.63, 3.8) is 0 Å². The summed E-state index contributed by atoms with van der Waals surface area (Å²) in [6.07, 6.45) is 14.4. The lowest BCUT2D eigenvalue weighted by molar-refractivity contribution is 0.694. The van der Waals surface area contributed by atoms with Crippen LogP contribution in [-0.2, 0) is 0 Å². The Morgan fingerprint density at radius 3 is 2.92 bits per heavy atom. The summed E-state index contributed by atoms with van der Waals surface area (Å²) in [6, 6.07) is 0. The Morgan fingerprint density at radius 1 is 1.25 bits per heavy atom. The third kappa shape index (κ3) is 1.84. The maximum Gasteiger partial charge on any atom is 0.0481 e. The smallest absolute Gasteiger partial charge is 0.0481 e. The molecule has 0 amide bonds. The van der Waals surface area contributed by atoms with Gasteiger partial charge in [-0.1, -0.05) is 29.9 Å². The number of thioether (sulfide) groups is 1. The lowest BCUT2D eigenvalue weighted by Gasteiger charge is -2.19. The monoisotopic (exact) mass is 178 g/mol. The second-order valence-electron chi connectivity index (χ2n) is 3.29. The van der Waals surface area contributed by atoms with Gasteiger partial charge in [0.25, 0.3) is 0 Å². The fraction of sp³-hybridized carbons (Fsp3) is 0.455. The molecule has 1 aliphatic heterocycles. The normalized spacial score (nSPS) is 28.7. The van der Waals surface area contributed by atoms with Crippen molar-refractivity contribution in [1.82, 2.24) is 0 Å². The van der Waals surface area contributed by atoms with Crippen molar-refractivity contribution in [2.45, 2.75) is 30.9 Å². The van der Waals surface area contributed by atoms with E-state index in [1.54, 1.807) is 5.57 Å². The maximum atomic E-state index is 2.44. The molecular formula is C11H14S. The van der Waals surface area contributed by atoms with Crippen LogP contribution in [0.4, 0.5) is 0 Å². The van der Waals surface area contributed by atoms with Gasteiger partial charge >= 0.3 is 0 Å². The van der Waals surface area contributed by atoms with Crippen molar-refractivity contribution < 1.29 is 0 Å². The van der Waals surface area contributed by atoms with E-state index in [9.17, 15) is 0 Å². The Morgan fingerprint density at radius 2 is 2.25 bits per heavy atom. The topological polar surface area (TPSA) is 0 Å². The van der Waals surface area contributed by atoms with Crippen molar-refractivity contribution in [2.24, 2.45) is 0 Å². The van der Waals surface area contributed by atoms with Crippen LogP contribution in [0.3, 0.4) is 0 Å². The Bertz CT molecular complexity index is 235. The number of hydrogen-bond donors (Lipinski definition) is 0. The van der Waals surface area contributed by atoms with Crippen LogP contribution >= 0.6 is 11.8 Å². The predicted octanol–water partition coefficient (Wildman–Crippen LogP) is 3.67. The molecule has 1 aliphatic carbocycles. The molecule has 0 saturated carbocycles. The zero-order chi connectivity index (χ0) is 8.23. The quantitative estimate of drug-likeness (QED) is 0.552. The number of allylic oxidation sites excluding steroid dienone is 3. The first-order valence-electron chi connectivity index (χ1n) is 4.64. The molecule has 0 aromatic carbocycles. The van der Waals surface area contributed by atoms with Gasteiger partial charge in [0.1, 0.15) is 0 Å². The van der Waals surface area contributed by atoms with Gasteiger partial charge in [0.2, 0.25) is 0 Å². The standard InChI is InChI=1S/C11H14S/c1-2-6-10(7-3-1)11-8-4-5-9-12-11/h4-6,8-9,11H,1-3,7H2. The SMILES string of the molecule is C1=CSC(C2=CCCCC2)C=C1. The van der Waals surface area contributed by atoms with Gasteiger partial charge < -0.3 is 0 Å².